The lowest BCUT2D eigenvalue weighted by molar-refractivity contribution is -0.136. The largest absolute Gasteiger partial charge is 0.354 e. The van der Waals surface area contributed by atoms with E-state index in [1.165, 1.54) is 44.9 Å². The number of carbonyl (C=O) groups is 2. The first-order chi connectivity index (χ1) is 17.5. The van der Waals surface area contributed by atoms with E-state index in [1.54, 1.807) is 0 Å². The molecule has 1 aromatic rings. The molecular formula is C29H43N5O2. The lowest BCUT2D eigenvalue weighted by Gasteiger charge is -2.56. The van der Waals surface area contributed by atoms with Crippen molar-refractivity contribution in [3.05, 3.63) is 24.4 Å². The summed E-state index contributed by atoms with van der Waals surface area (Å²) in [5.74, 6) is 4.35. The van der Waals surface area contributed by atoms with E-state index in [-0.39, 0.29) is 23.8 Å². The van der Waals surface area contributed by atoms with Gasteiger partial charge in [-0.05, 0) is 92.6 Å². The topological polar surface area (TPSA) is 68.8 Å². The molecule has 196 valence electrons. The number of pyridine rings is 1. The van der Waals surface area contributed by atoms with Crippen LogP contribution in [0.15, 0.2) is 24.4 Å². The SMILES string of the molecule is O=C(CC12CC3CC(CC(C3)C1)C2)NCC(=O)N1CCCC(CN2CCN(c3ccccn3)CC2)C1. The van der Waals surface area contributed by atoms with Gasteiger partial charge in [-0.2, -0.15) is 0 Å². The number of hydrogen-bond donors (Lipinski definition) is 1. The van der Waals surface area contributed by atoms with E-state index in [0.717, 1.165) is 75.8 Å². The number of piperidine rings is 1. The number of carbonyl (C=O) groups excluding carboxylic acids is 2. The second-order valence-corrected chi connectivity index (χ2v) is 12.7. The highest BCUT2D eigenvalue weighted by atomic mass is 16.2. The van der Waals surface area contributed by atoms with Crippen molar-refractivity contribution < 1.29 is 9.59 Å². The van der Waals surface area contributed by atoms with Gasteiger partial charge >= 0.3 is 0 Å². The van der Waals surface area contributed by atoms with Gasteiger partial charge in [0.15, 0.2) is 0 Å². The Morgan fingerprint density at radius 1 is 0.972 bits per heavy atom. The van der Waals surface area contributed by atoms with Gasteiger partial charge in [-0.15, -0.1) is 0 Å². The van der Waals surface area contributed by atoms with Crippen molar-refractivity contribution in [2.45, 2.75) is 57.8 Å². The lowest BCUT2D eigenvalue weighted by atomic mass is 9.49. The Kier molecular flexibility index (Phi) is 6.93. The van der Waals surface area contributed by atoms with Crippen LogP contribution in [0.25, 0.3) is 0 Å². The Labute approximate surface area is 216 Å². The molecule has 0 radical (unpaired) electrons. The molecule has 1 atom stereocenters. The number of likely N-dealkylation sites (tertiary alicyclic amines) is 1. The van der Waals surface area contributed by atoms with Gasteiger partial charge in [0.25, 0.3) is 0 Å². The molecule has 7 rings (SSSR count). The van der Waals surface area contributed by atoms with Crippen molar-refractivity contribution in [3.63, 3.8) is 0 Å². The molecule has 7 heteroatoms. The minimum atomic E-state index is 0.0959. The normalized spacial score (nSPS) is 34.1. The van der Waals surface area contributed by atoms with Crippen molar-refractivity contribution >= 4 is 17.6 Å². The maximum Gasteiger partial charge on any atom is 0.241 e. The van der Waals surface area contributed by atoms with Crippen LogP contribution in [0.1, 0.15) is 57.8 Å². The standard InChI is InChI=1S/C29H43N5O2/c35-27(18-29-15-23-12-24(16-29)14-25(13-23)17-29)31-19-28(36)34-7-3-4-22(21-34)20-32-8-10-33(11-9-32)26-5-1-2-6-30-26/h1-2,5-6,22-25H,3-4,7-21H2,(H,31,35). The Morgan fingerprint density at radius 3 is 2.36 bits per heavy atom. The minimum Gasteiger partial charge on any atom is -0.354 e. The van der Waals surface area contributed by atoms with Crippen LogP contribution in [0.3, 0.4) is 0 Å². The number of piperazine rings is 1. The van der Waals surface area contributed by atoms with Gasteiger partial charge in [0, 0.05) is 58.4 Å². The predicted molar refractivity (Wildman–Crippen MR) is 140 cm³/mol. The third-order valence-corrected chi connectivity index (χ3v) is 9.87. The first-order valence-electron chi connectivity index (χ1n) is 14.5. The summed E-state index contributed by atoms with van der Waals surface area (Å²) in [6.45, 7) is 6.96. The number of hydrogen-bond acceptors (Lipinski definition) is 5. The Bertz CT molecular complexity index is 894. The number of anilines is 1. The first-order valence-corrected chi connectivity index (χ1v) is 14.5. The third kappa shape index (κ3) is 5.41. The molecule has 2 amide bonds. The molecule has 4 bridgehead atoms. The summed E-state index contributed by atoms with van der Waals surface area (Å²) in [6, 6.07) is 6.10. The van der Waals surface area contributed by atoms with Crippen molar-refractivity contribution in [1.29, 1.82) is 0 Å². The van der Waals surface area contributed by atoms with Crippen molar-refractivity contribution in [3.8, 4) is 0 Å². The quantitative estimate of drug-likeness (QED) is 0.632. The molecule has 36 heavy (non-hydrogen) atoms. The van der Waals surface area contributed by atoms with E-state index in [9.17, 15) is 9.59 Å². The molecule has 0 spiro atoms. The fraction of sp³-hybridized carbons (Fsp3) is 0.759. The van der Waals surface area contributed by atoms with Crippen LogP contribution < -0.4 is 10.2 Å². The number of amides is 2. The zero-order chi connectivity index (χ0) is 24.5. The zero-order valence-corrected chi connectivity index (χ0v) is 21.7. The molecule has 7 nitrogen and oxygen atoms in total. The van der Waals surface area contributed by atoms with Gasteiger partial charge in [0.05, 0.1) is 6.54 Å². The van der Waals surface area contributed by atoms with Crippen LogP contribution >= 0.6 is 0 Å². The maximum atomic E-state index is 13.0. The Balaban J connectivity index is 0.931. The highest BCUT2D eigenvalue weighted by molar-refractivity contribution is 5.85. The van der Waals surface area contributed by atoms with Crippen molar-refractivity contribution in [2.75, 3.05) is 57.3 Å². The van der Waals surface area contributed by atoms with Crippen LogP contribution in [-0.4, -0.2) is 79.0 Å². The van der Waals surface area contributed by atoms with E-state index in [4.69, 9.17) is 0 Å². The summed E-state index contributed by atoms with van der Waals surface area (Å²) in [5.41, 5.74) is 0.235. The first kappa shape index (κ1) is 24.2. The second kappa shape index (κ2) is 10.3. The third-order valence-electron chi connectivity index (χ3n) is 9.87. The Morgan fingerprint density at radius 2 is 1.69 bits per heavy atom. The molecular weight excluding hydrogens is 450 g/mol. The highest BCUT2D eigenvalue weighted by Crippen LogP contribution is 2.61. The second-order valence-electron chi connectivity index (χ2n) is 12.7. The number of aromatic nitrogens is 1. The van der Waals surface area contributed by atoms with E-state index in [2.05, 4.69) is 26.2 Å². The average molecular weight is 494 g/mol. The minimum absolute atomic E-state index is 0.0959. The van der Waals surface area contributed by atoms with E-state index < -0.39 is 0 Å². The number of nitrogens with one attached hydrogen (secondary N) is 1. The van der Waals surface area contributed by atoms with Gasteiger partial charge in [-0.1, -0.05) is 6.07 Å². The van der Waals surface area contributed by atoms with E-state index >= 15 is 0 Å². The van der Waals surface area contributed by atoms with Gasteiger partial charge in [0.2, 0.25) is 11.8 Å². The summed E-state index contributed by atoms with van der Waals surface area (Å²) in [5, 5.41) is 3.02. The maximum absolute atomic E-state index is 13.0. The molecule has 6 fully saturated rings. The van der Waals surface area contributed by atoms with Gasteiger partial charge in [-0.3, -0.25) is 14.5 Å². The van der Waals surface area contributed by atoms with Gasteiger partial charge < -0.3 is 15.1 Å². The summed E-state index contributed by atoms with van der Waals surface area (Å²) in [6.07, 6.45) is 12.7. The molecule has 1 N–H and O–H groups in total. The molecule has 1 unspecified atom stereocenters. The Hall–Kier alpha value is -2.15. The predicted octanol–water partition coefficient (Wildman–Crippen LogP) is 3.16. The van der Waals surface area contributed by atoms with Crippen LogP contribution in [0.4, 0.5) is 5.82 Å². The summed E-state index contributed by atoms with van der Waals surface area (Å²) < 4.78 is 0. The van der Waals surface area contributed by atoms with Crippen LogP contribution in [0.5, 0.6) is 0 Å². The van der Waals surface area contributed by atoms with Gasteiger partial charge in [-0.25, -0.2) is 4.98 Å². The molecule has 2 saturated heterocycles. The van der Waals surface area contributed by atoms with Crippen LogP contribution in [0, 0.1) is 29.1 Å². The lowest BCUT2D eigenvalue weighted by Crippen LogP contribution is -2.51. The summed E-state index contributed by atoms with van der Waals surface area (Å²) in [7, 11) is 0. The van der Waals surface area contributed by atoms with Crippen molar-refractivity contribution in [1.82, 2.24) is 20.1 Å². The van der Waals surface area contributed by atoms with Crippen LogP contribution in [-0.2, 0) is 9.59 Å². The molecule has 3 heterocycles. The summed E-state index contributed by atoms with van der Waals surface area (Å²) >= 11 is 0. The molecule has 2 aliphatic heterocycles. The highest BCUT2D eigenvalue weighted by Gasteiger charge is 2.51. The molecule has 1 aromatic heterocycles. The summed E-state index contributed by atoms with van der Waals surface area (Å²) in [4.78, 5) is 37.3. The van der Waals surface area contributed by atoms with Crippen LogP contribution in [0.2, 0.25) is 0 Å². The number of rotatable bonds is 7. The monoisotopic (exact) mass is 493 g/mol. The van der Waals surface area contributed by atoms with E-state index in [1.807, 2.05) is 23.2 Å². The fourth-order valence-corrected chi connectivity index (χ4v) is 8.70. The van der Waals surface area contributed by atoms with E-state index in [0.29, 0.717) is 12.3 Å². The number of nitrogens with zero attached hydrogens (tertiary/aromatic N) is 4. The molecule has 6 aliphatic rings. The average Bonchev–Trinajstić information content (AvgIpc) is 2.87. The zero-order valence-electron chi connectivity index (χ0n) is 21.7. The van der Waals surface area contributed by atoms with Crippen molar-refractivity contribution in [2.24, 2.45) is 29.1 Å². The van der Waals surface area contributed by atoms with Gasteiger partial charge in [0.1, 0.15) is 5.82 Å². The molecule has 0 aromatic carbocycles. The molecule has 4 saturated carbocycles. The fourth-order valence-electron chi connectivity index (χ4n) is 8.70. The smallest absolute Gasteiger partial charge is 0.241 e. The molecule has 4 aliphatic carbocycles.